The molecule has 1 rings (SSSR count). The average molecular weight is 257 g/mol. The van der Waals surface area contributed by atoms with Gasteiger partial charge in [0.2, 0.25) is 0 Å². The number of hydrogen-bond donors (Lipinski definition) is 1. The second-order valence-corrected chi connectivity index (χ2v) is 7.27. The molecule has 0 spiro atoms. The first kappa shape index (κ1) is 15.4. The fraction of sp³-hybridized carbons (Fsp3) is 0.929. The molecule has 2 atom stereocenters. The molecule has 0 saturated carbocycles. The number of carbonyl (C=O) groups is 1. The normalized spacial score (nSPS) is 30.2. The minimum absolute atomic E-state index is 0.183. The zero-order valence-corrected chi connectivity index (χ0v) is 12.7. The summed E-state index contributed by atoms with van der Waals surface area (Å²) >= 11 is 0. The summed E-state index contributed by atoms with van der Waals surface area (Å²) in [6.45, 7) is 13.3. The number of rotatable bonds is 3. The van der Waals surface area contributed by atoms with Crippen LogP contribution in [0.15, 0.2) is 0 Å². The van der Waals surface area contributed by atoms with Crippen LogP contribution in [0.4, 0.5) is 0 Å². The van der Waals surface area contributed by atoms with E-state index in [9.17, 15) is 10.0 Å². The zero-order valence-electron chi connectivity index (χ0n) is 12.7. The number of nitrogens with one attached hydrogen (secondary N) is 1. The van der Waals surface area contributed by atoms with Gasteiger partial charge in [0, 0.05) is 6.42 Å². The molecule has 1 fully saturated rings. The van der Waals surface area contributed by atoms with E-state index in [0.29, 0.717) is 6.42 Å². The summed E-state index contributed by atoms with van der Waals surface area (Å²) in [5.41, 5.74) is -1.46. The van der Waals surface area contributed by atoms with E-state index in [1.165, 1.54) is 0 Å². The number of carbonyl (C=O) groups excluding carboxylic acids is 1. The van der Waals surface area contributed by atoms with E-state index in [2.05, 4.69) is 0 Å². The van der Waals surface area contributed by atoms with Crippen molar-refractivity contribution in [2.75, 3.05) is 0 Å². The quantitative estimate of drug-likeness (QED) is 0.618. The van der Waals surface area contributed by atoms with Crippen molar-refractivity contribution in [1.29, 1.82) is 0 Å². The van der Waals surface area contributed by atoms with Crippen molar-refractivity contribution in [3.05, 3.63) is 5.21 Å². The molecule has 1 aliphatic heterocycles. The highest BCUT2D eigenvalue weighted by atomic mass is 16.6. The minimum Gasteiger partial charge on any atom is -0.633 e. The van der Waals surface area contributed by atoms with Crippen molar-refractivity contribution in [2.45, 2.75) is 78.5 Å². The molecular formula is C14H27NO3. The molecule has 0 radical (unpaired) electrons. The molecule has 1 N–H and O–H groups in total. The zero-order chi connectivity index (χ0) is 14.4. The maximum absolute atomic E-state index is 12.3. The van der Waals surface area contributed by atoms with Crippen molar-refractivity contribution in [3.8, 4) is 0 Å². The fourth-order valence-electron chi connectivity index (χ4n) is 2.45. The summed E-state index contributed by atoms with van der Waals surface area (Å²) in [6, 6.07) is 0. The van der Waals surface area contributed by atoms with Crippen LogP contribution in [0, 0.1) is 10.6 Å². The second-order valence-electron chi connectivity index (χ2n) is 7.27. The van der Waals surface area contributed by atoms with Crippen LogP contribution in [-0.2, 0) is 9.53 Å². The highest BCUT2D eigenvalue weighted by Crippen LogP contribution is 2.30. The largest absolute Gasteiger partial charge is 0.633 e. The van der Waals surface area contributed by atoms with Crippen molar-refractivity contribution in [1.82, 2.24) is 0 Å². The molecule has 4 nitrogen and oxygen atoms in total. The van der Waals surface area contributed by atoms with Crippen LogP contribution < -0.4 is 5.06 Å². The molecule has 1 saturated heterocycles. The van der Waals surface area contributed by atoms with Gasteiger partial charge in [-0.1, -0.05) is 6.92 Å². The predicted octanol–water partition coefficient (Wildman–Crippen LogP) is 1.68. The van der Waals surface area contributed by atoms with Gasteiger partial charge in [-0.25, -0.2) is 0 Å². The summed E-state index contributed by atoms with van der Waals surface area (Å²) in [5.74, 6) is -0.200. The lowest BCUT2D eigenvalue weighted by molar-refractivity contribution is -0.934. The Morgan fingerprint density at radius 3 is 2.22 bits per heavy atom. The van der Waals surface area contributed by atoms with Gasteiger partial charge in [-0.05, 0) is 48.0 Å². The van der Waals surface area contributed by atoms with Gasteiger partial charge in [-0.15, -0.1) is 0 Å². The average Bonchev–Trinajstić information content (AvgIpc) is 2.39. The van der Waals surface area contributed by atoms with Crippen molar-refractivity contribution >= 4 is 5.97 Å². The Morgan fingerprint density at radius 2 is 1.89 bits per heavy atom. The predicted molar refractivity (Wildman–Crippen MR) is 71.1 cm³/mol. The smallest absolute Gasteiger partial charge is 0.312 e. The Bertz CT molecular complexity index is 334. The van der Waals surface area contributed by atoms with Crippen LogP contribution in [0.5, 0.6) is 0 Å². The SMILES string of the molecule is CCC(C)(C)C(=O)OC1CC(C)(C)[NH+]([O-])C1(C)C. The fourth-order valence-corrected chi connectivity index (χ4v) is 2.45. The summed E-state index contributed by atoms with van der Waals surface area (Å²) in [6.07, 6.45) is 1.04. The van der Waals surface area contributed by atoms with Crippen LogP contribution in [0.3, 0.4) is 0 Å². The van der Waals surface area contributed by atoms with E-state index in [0.717, 1.165) is 6.42 Å². The molecule has 106 valence electrons. The number of hydrogen-bond acceptors (Lipinski definition) is 3. The van der Waals surface area contributed by atoms with Gasteiger partial charge >= 0.3 is 5.97 Å². The monoisotopic (exact) mass is 257 g/mol. The Labute approximate surface area is 110 Å². The van der Waals surface area contributed by atoms with E-state index in [4.69, 9.17) is 4.74 Å². The molecule has 0 bridgehead atoms. The van der Waals surface area contributed by atoms with Crippen molar-refractivity contribution in [3.63, 3.8) is 0 Å². The van der Waals surface area contributed by atoms with Gasteiger partial charge in [-0.3, -0.25) is 4.79 Å². The third kappa shape index (κ3) is 2.54. The van der Waals surface area contributed by atoms with E-state index in [-0.39, 0.29) is 17.1 Å². The van der Waals surface area contributed by atoms with Crippen LogP contribution in [0.2, 0.25) is 0 Å². The first-order chi connectivity index (χ1) is 7.95. The Kier molecular flexibility index (Phi) is 3.86. The highest BCUT2D eigenvalue weighted by molar-refractivity contribution is 5.76. The van der Waals surface area contributed by atoms with E-state index in [1.807, 2.05) is 48.5 Å². The van der Waals surface area contributed by atoms with E-state index >= 15 is 0 Å². The number of esters is 1. The molecule has 0 aromatic heterocycles. The van der Waals surface area contributed by atoms with Crippen LogP contribution in [0.25, 0.3) is 0 Å². The van der Waals surface area contributed by atoms with Gasteiger partial charge in [0.25, 0.3) is 0 Å². The lowest BCUT2D eigenvalue weighted by Gasteiger charge is -2.41. The standard InChI is InChI=1S/C14H27NO3/c1-8-12(2,3)11(16)18-10-9-13(4,5)15(17)14(10,6)7/h10,15H,8-9H2,1-7H3. The molecule has 18 heavy (non-hydrogen) atoms. The lowest BCUT2D eigenvalue weighted by Crippen LogP contribution is -3.19. The molecule has 0 aromatic carbocycles. The summed E-state index contributed by atoms with van der Waals surface area (Å²) in [5, 5.41) is 12.5. The first-order valence-electron chi connectivity index (χ1n) is 6.71. The van der Waals surface area contributed by atoms with Crippen molar-refractivity contribution in [2.24, 2.45) is 5.41 Å². The van der Waals surface area contributed by atoms with Gasteiger partial charge in [0.1, 0.15) is 5.54 Å². The summed E-state index contributed by atoms with van der Waals surface area (Å²) in [7, 11) is 0. The van der Waals surface area contributed by atoms with Gasteiger partial charge in [0.05, 0.1) is 11.0 Å². The van der Waals surface area contributed by atoms with Crippen LogP contribution in [-0.4, -0.2) is 23.2 Å². The molecule has 1 aliphatic rings. The minimum atomic E-state index is -0.580. The molecular weight excluding hydrogens is 230 g/mol. The molecule has 1 heterocycles. The van der Waals surface area contributed by atoms with Crippen LogP contribution >= 0.6 is 0 Å². The Balaban J connectivity index is 2.84. The second kappa shape index (κ2) is 4.49. The van der Waals surface area contributed by atoms with Crippen molar-refractivity contribution < 1.29 is 14.6 Å². The molecule has 0 aromatic rings. The van der Waals surface area contributed by atoms with E-state index < -0.39 is 16.5 Å². The van der Waals surface area contributed by atoms with Crippen LogP contribution in [0.1, 0.15) is 61.3 Å². The maximum Gasteiger partial charge on any atom is 0.312 e. The molecule has 0 amide bonds. The summed E-state index contributed by atoms with van der Waals surface area (Å²) in [4.78, 5) is 12.1. The number of quaternary nitrogens is 1. The van der Waals surface area contributed by atoms with E-state index in [1.54, 1.807) is 0 Å². The lowest BCUT2D eigenvalue weighted by atomic mass is 9.90. The third-order valence-electron chi connectivity index (χ3n) is 4.39. The molecule has 2 unspecified atom stereocenters. The summed E-state index contributed by atoms with van der Waals surface area (Å²) < 4.78 is 5.63. The number of ether oxygens (including phenoxy) is 1. The maximum atomic E-state index is 12.3. The Hall–Kier alpha value is -0.610. The molecule has 0 aliphatic carbocycles. The van der Waals surface area contributed by atoms with Gasteiger partial charge in [0.15, 0.2) is 6.10 Å². The molecule has 4 heteroatoms. The van der Waals surface area contributed by atoms with Gasteiger partial charge in [-0.2, -0.15) is 0 Å². The highest BCUT2D eigenvalue weighted by Gasteiger charge is 2.54. The van der Waals surface area contributed by atoms with Gasteiger partial charge < -0.3 is 15.0 Å². The third-order valence-corrected chi connectivity index (χ3v) is 4.39. The Morgan fingerprint density at radius 1 is 1.39 bits per heavy atom. The topological polar surface area (TPSA) is 53.8 Å². The first-order valence-corrected chi connectivity index (χ1v) is 6.71. The number of hydroxylamine groups is 2.